The third kappa shape index (κ3) is 4.26. The van der Waals surface area contributed by atoms with E-state index >= 15 is 0 Å². The standard InChI is InChI=1S/C22H26N4O3/c1-28-19-7-3-2-6-17(19)9-10-23-16-18-21(22(27)25-12-14-29-15-13-25)24-20-8-4-5-11-26(18)20/h2-8,11,23H,9-10,12-16H2,1H3. The lowest BCUT2D eigenvalue weighted by atomic mass is 10.1. The van der Waals surface area contributed by atoms with E-state index in [1.54, 1.807) is 7.11 Å². The van der Waals surface area contributed by atoms with Crippen molar-refractivity contribution >= 4 is 11.6 Å². The molecular formula is C22H26N4O3. The van der Waals surface area contributed by atoms with Crippen LogP contribution in [-0.2, 0) is 17.7 Å². The number of ether oxygens (including phenoxy) is 2. The Morgan fingerprint density at radius 1 is 1.17 bits per heavy atom. The third-order valence-electron chi connectivity index (χ3n) is 5.19. The van der Waals surface area contributed by atoms with E-state index < -0.39 is 0 Å². The van der Waals surface area contributed by atoms with Crippen molar-refractivity contribution in [2.75, 3.05) is 40.0 Å². The molecule has 1 fully saturated rings. The number of fused-ring (bicyclic) bond motifs is 1. The van der Waals surface area contributed by atoms with Gasteiger partial charge >= 0.3 is 0 Å². The number of rotatable bonds is 7. The van der Waals surface area contributed by atoms with E-state index in [4.69, 9.17) is 9.47 Å². The molecule has 0 bridgehead atoms. The highest BCUT2D eigenvalue weighted by Crippen LogP contribution is 2.18. The van der Waals surface area contributed by atoms with Crippen LogP contribution in [0.4, 0.5) is 0 Å². The zero-order valence-corrected chi connectivity index (χ0v) is 16.6. The molecule has 152 valence electrons. The van der Waals surface area contributed by atoms with Crippen LogP contribution in [0.3, 0.4) is 0 Å². The lowest BCUT2D eigenvalue weighted by Gasteiger charge is -2.26. The topological polar surface area (TPSA) is 68.1 Å². The summed E-state index contributed by atoms with van der Waals surface area (Å²) >= 11 is 0. The molecule has 4 rings (SSSR count). The molecule has 1 aliphatic heterocycles. The summed E-state index contributed by atoms with van der Waals surface area (Å²) in [7, 11) is 1.69. The van der Waals surface area contributed by atoms with Gasteiger partial charge in [-0.1, -0.05) is 24.3 Å². The Hall–Kier alpha value is -2.90. The molecule has 7 heteroatoms. The van der Waals surface area contributed by atoms with Crippen LogP contribution in [-0.4, -0.2) is 60.1 Å². The number of hydrogen-bond donors (Lipinski definition) is 1. The number of imidazole rings is 1. The number of pyridine rings is 1. The van der Waals surface area contributed by atoms with Crippen molar-refractivity contribution in [1.29, 1.82) is 0 Å². The Kier molecular flexibility index (Phi) is 6.07. The van der Waals surface area contributed by atoms with Crippen molar-refractivity contribution in [3.8, 4) is 5.75 Å². The molecule has 1 saturated heterocycles. The van der Waals surface area contributed by atoms with Gasteiger partial charge in [0.2, 0.25) is 0 Å². The average molecular weight is 394 g/mol. The molecule has 1 amide bonds. The van der Waals surface area contributed by atoms with Crippen LogP contribution in [0.15, 0.2) is 48.7 Å². The molecule has 2 aromatic heterocycles. The smallest absolute Gasteiger partial charge is 0.274 e. The van der Waals surface area contributed by atoms with Gasteiger partial charge in [-0.15, -0.1) is 0 Å². The number of para-hydroxylation sites is 1. The molecule has 0 atom stereocenters. The molecule has 0 saturated carbocycles. The van der Waals surface area contributed by atoms with E-state index in [-0.39, 0.29) is 5.91 Å². The maximum Gasteiger partial charge on any atom is 0.274 e. The highest BCUT2D eigenvalue weighted by atomic mass is 16.5. The number of nitrogens with zero attached hydrogens (tertiary/aromatic N) is 3. The Morgan fingerprint density at radius 2 is 1.97 bits per heavy atom. The summed E-state index contributed by atoms with van der Waals surface area (Å²) in [5.41, 5.74) is 3.34. The van der Waals surface area contributed by atoms with Crippen molar-refractivity contribution in [2.24, 2.45) is 0 Å². The SMILES string of the molecule is COc1ccccc1CCNCc1c(C(=O)N2CCOCC2)nc2ccccn12. The second-order valence-electron chi connectivity index (χ2n) is 6.98. The zero-order chi connectivity index (χ0) is 20.1. The van der Waals surface area contributed by atoms with Gasteiger partial charge in [0.05, 0.1) is 26.0 Å². The average Bonchev–Trinajstić information content (AvgIpc) is 3.15. The Balaban J connectivity index is 1.49. The molecule has 0 aliphatic carbocycles. The van der Waals surface area contributed by atoms with Gasteiger partial charge in [0.1, 0.15) is 11.4 Å². The molecule has 7 nitrogen and oxygen atoms in total. The lowest BCUT2D eigenvalue weighted by molar-refractivity contribution is 0.0298. The molecule has 0 radical (unpaired) electrons. The molecule has 1 aromatic carbocycles. The first kappa shape index (κ1) is 19.4. The van der Waals surface area contributed by atoms with E-state index in [1.807, 2.05) is 51.9 Å². The van der Waals surface area contributed by atoms with E-state index in [0.29, 0.717) is 38.5 Å². The minimum atomic E-state index is -0.0291. The highest BCUT2D eigenvalue weighted by molar-refractivity contribution is 5.94. The quantitative estimate of drug-likeness (QED) is 0.622. The predicted molar refractivity (Wildman–Crippen MR) is 110 cm³/mol. The fraction of sp³-hybridized carbons (Fsp3) is 0.364. The summed E-state index contributed by atoms with van der Waals surface area (Å²) in [5, 5.41) is 3.47. The molecule has 29 heavy (non-hydrogen) atoms. The van der Waals surface area contributed by atoms with Gasteiger partial charge in [-0.3, -0.25) is 4.79 Å². The number of benzene rings is 1. The van der Waals surface area contributed by atoms with Gasteiger partial charge in [0, 0.05) is 25.8 Å². The first-order chi connectivity index (χ1) is 14.3. The van der Waals surface area contributed by atoms with Crippen LogP contribution < -0.4 is 10.1 Å². The third-order valence-corrected chi connectivity index (χ3v) is 5.19. The zero-order valence-electron chi connectivity index (χ0n) is 16.6. The summed E-state index contributed by atoms with van der Waals surface area (Å²) in [5.74, 6) is 0.866. The molecule has 1 N–H and O–H groups in total. The minimum Gasteiger partial charge on any atom is -0.496 e. The predicted octanol–water partition coefficient (Wildman–Crippen LogP) is 2.15. The number of morpholine rings is 1. The molecule has 0 spiro atoms. The van der Waals surface area contributed by atoms with Gasteiger partial charge in [-0.25, -0.2) is 4.98 Å². The van der Waals surface area contributed by atoms with Gasteiger partial charge in [-0.05, 0) is 36.7 Å². The molecule has 0 unspecified atom stereocenters. The van der Waals surface area contributed by atoms with Crippen LogP contribution in [0.1, 0.15) is 21.7 Å². The first-order valence-corrected chi connectivity index (χ1v) is 9.93. The maximum atomic E-state index is 13.1. The van der Waals surface area contributed by atoms with Crippen molar-refractivity contribution < 1.29 is 14.3 Å². The van der Waals surface area contributed by atoms with E-state index in [9.17, 15) is 4.79 Å². The maximum absolute atomic E-state index is 13.1. The number of nitrogens with one attached hydrogen (secondary N) is 1. The summed E-state index contributed by atoms with van der Waals surface area (Å²) < 4.78 is 12.8. The van der Waals surface area contributed by atoms with E-state index in [2.05, 4.69) is 16.4 Å². The second-order valence-corrected chi connectivity index (χ2v) is 6.98. The van der Waals surface area contributed by atoms with Crippen molar-refractivity contribution in [2.45, 2.75) is 13.0 Å². The number of aromatic nitrogens is 2. The van der Waals surface area contributed by atoms with Crippen LogP contribution in [0.25, 0.3) is 5.65 Å². The number of carbonyl (C=O) groups excluding carboxylic acids is 1. The van der Waals surface area contributed by atoms with Crippen molar-refractivity contribution in [1.82, 2.24) is 19.6 Å². The Bertz CT molecular complexity index is 979. The normalized spacial score (nSPS) is 14.3. The number of amides is 1. The summed E-state index contributed by atoms with van der Waals surface area (Å²) in [6.45, 7) is 3.69. The van der Waals surface area contributed by atoms with Crippen LogP contribution in [0.2, 0.25) is 0 Å². The molecule has 3 aromatic rings. The number of methoxy groups -OCH3 is 1. The fourth-order valence-corrected chi connectivity index (χ4v) is 3.64. The molecular weight excluding hydrogens is 368 g/mol. The Morgan fingerprint density at radius 3 is 2.79 bits per heavy atom. The molecule has 1 aliphatic rings. The van der Waals surface area contributed by atoms with Crippen LogP contribution in [0.5, 0.6) is 5.75 Å². The largest absolute Gasteiger partial charge is 0.496 e. The molecule has 3 heterocycles. The number of hydrogen-bond acceptors (Lipinski definition) is 5. The summed E-state index contributed by atoms with van der Waals surface area (Å²) in [6, 6.07) is 13.8. The van der Waals surface area contributed by atoms with E-state index in [0.717, 1.165) is 35.6 Å². The monoisotopic (exact) mass is 394 g/mol. The van der Waals surface area contributed by atoms with Gasteiger partial charge in [0.15, 0.2) is 5.69 Å². The summed E-state index contributed by atoms with van der Waals surface area (Å²) in [4.78, 5) is 19.5. The van der Waals surface area contributed by atoms with Gasteiger partial charge < -0.3 is 24.1 Å². The summed E-state index contributed by atoms with van der Waals surface area (Å²) in [6.07, 6.45) is 2.79. The minimum absolute atomic E-state index is 0.0291. The highest BCUT2D eigenvalue weighted by Gasteiger charge is 2.25. The van der Waals surface area contributed by atoms with E-state index in [1.165, 1.54) is 0 Å². The first-order valence-electron chi connectivity index (χ1n) is 9.93. The number of carbonyl (C=O) groups is 1. The Labute approximate surface area is 170 Å². The van der Waals surface area contributed by atoms with Crippen LogP contribution >= 0.6 is 0 Å². The van der Waals surface area contributed by atoms with Gasteiger partial charge in [-0.2, -0.15) is 0 Å². The van der Waals surface area contributed by atoms with Gasteiger partial charge in [0.25, 0.3) is 5.91 Å². The fourth-order valence-electron chi connectivity index (χ4n) is 3.64. The van der Waals surface area contributed by atoms with Crippen LogP contribution in [0, 0.1) is 0 Å². The van der Waals surface area contributed by atoms with Crippen molar-refractivity contribution in [3.05, 3.63) is 65.6 Å². The second kappa shape index (κ2) is 9.07. The lowest BCUT2D eigenvalue weighted by Crippen LogP contribution is -2.41. The van der Waals surface area contributed by atoms with Crippen molar-refractivity contribution in [3.63, 3.8) is 0 Å².